The maximum absolute atomic E-state index is 13.4. The molecule has 0 saturated carbocycles. The molecule has 2 unspecified atom stereocenters. The fraction of sp³-hybridized carbons (Fsp3) is 0.500. The summed E-state index contributed by atoms with van der Waals surface area (Å²) >= 11 is 7.24. The third-order valence-electron chi connectivity index (χ3n) is 3.89. The Labute approximate surface area is 127 Å². The Bertz CT molecular complexity index is 554. The molecule has 0 amide bonds. The normalized spacial score (nSPS) is 27.6. The van der Waals surface area contributed by atoms with E-state index < -0.39 is 5.72 Å². The van der Waals surface area contributed by atoms with Crippen LogP contribution in [0.2, 0.25) is 0 Å². The Morgan fingerprint density at radius 2 is 2.40 bits per heavy atom. The zero-order chi connectivity index (χ0) is 14.3. The molecule has 0 aliphatic carbocycles. The van der Waals surface area contributed by atoms with Crippen molar-refractivity contribution in [1.29, 1.82) is 0 Å². The number of nitrogens with one attached hydrogen (secondary N) is 1. The first kappa shape index (κ1) is 13.9. The fourth-order valence-corrected chi connectivity index (χ4v) is 3.70. The first-order chi connectivity index (χ1) is 9.53. The van der Waals surface area contributed by atoms with E-state index in [9.17, 15) is 4.39 Å². The minimum atomic E-state index is -0.451. The topological polar surface area (TPSA) is 24.5 Å². The summed E-state index contributed by atoms with van der Waals surface area (Å²) in [5, 5.41) is 4.00. The highest BCUT2D eigenvalue weighted by molar-refractivity contribution is 7.98. The lowest BCUT2D eigenvalue weighted by molar-refractivity contribution is -0.0655. The second kappa shape index (κ2) is 5.07. The van der Waals surface area contributed by atoms with Crippen molar-refractivity contribution < 1.29 is 9.13 Å². The summed E-state index contributed by atoms with van der Waals surface area (Å²) < 4.78 is 19.6. The Balaban J connectivity index is 1.96. The molecule has 1 fully saturated rings. The molecule has 1 aromatic rings. The highest BCUT2D eigenvalue weighted by atomic mass is 32.2. The molecule has 0 spiro atoms. The molecule has 2 aliphatic heterocycles. The standard InChI is InChI=1S/C14H17FN2OS2/c1-14-8-11(16-13(19)17(14)5-6-20-2)10-7-9(15)3-4-12(10)18-14/h3-4,7,11H,5-6,8H2,1-2H3,(H,16,19). The number of rotatable bonds is 3. The van der Waals surface area contributed by atoms with E-state index in [1.165, 1.54) is 12.1 Å². The third kappa shape index (κ3) is 2.24. The summed E-state index contributed by atoms with van der Waals surface area (Å²) in [6, 6.07) is 4.70. The van der Waals surface area contributed by atoms with Gasteiger partial charge < -0.3 is 15.0 Å². The Kier molecular flexibility index (Phi) is 3.54. The van der Waals surface area contributed by atoms with Crippen LogP contribution in [0.1, 0.15) is 24.9 Å². The molecule has 3 nitrogen and oxygen atoms in total. The SMILES string of the molecule is CSCCN1C(=S)NC2CC1(C)Oc1ccc(F)cc12. The van der Waals surface area contributed by atoms with Gasteiger partial charge in [0.25, 0.3) is 0 Å². The molecule has 0 radical (unpaired) electrons. The van der Waals surface area contributed by atoms with Gasteiger partial charge in [-0.15, -0.1) is 0 Å². The van der Waals surface area contributed by atoms with Gasteiger partial charge in [-0.25, -0.2) is 4.39 Å². The lowest BCUT2D eigenvalue weighted by Gasteiger charge is -2.52. The first-order valence-electron chi connectivity index (χ1n) is 6.59. The number of thioether (sulfide) groups is 1. The summed E-state index contributed by atoms with van der Waals surface area (Å²) in [6.45, 7) is 2.90. The van der Waals surface area contributed by atoms with E-state index >= 15 is 0 Å². The molecule has 0 aromatic heterocycles. The summed E-state index contributed by atoms with van der Waals surface area (Å²) in [5.74, 6) is 1.49. The largest absolute Gasteiger partial charge is 0.468 e. The molecule has 6 heteroatoms. The van der Waals surface area contributed by atoms with E-state index in [-0.39, 0.29) is 11.9 Å². The van der Waals surface area contributed by atoms with E-state index in [1.54, 1.807) is 17.8 Å². The van der Waals surface area contributed by atoms with Crippen LogP contribution in [0.3, 0.4) is 0 Å². The number of halogens is 1. The second-order valence-electron chi connectivity index (χ2n) is 5.31. The predicted molar refractivity (Wildman–Crippen MR) is 83.6 cm³/mol. The highest BCUT2D eigenvalue weighted by Crippen LogP contribution is 2.44. The molecule has 3 rings (SSSR count). The Morgan fingerprint density at radius 1 is 1.60 bits per heavy atom. The van der Waals surface area contributed by atoms with Crippen molar-refractivity contribution in [3.8, 4) is 5.75 Å². The fourth-order valence-electron chi connectivity index (χ4n) is 2.91. The number of hydrogen-bond donors (Lipinski definition) is 1. The molecule has 20 heavy (non-hydrogen) atoms. The van der Waals surface area contributed by atoms with E-state index in [1.807, 2.05) is 0 Å². The molecule has 2 atom stereocenters. The van der Waals surface area contributed by atoms with Crippen molar-refractivity contribution in [2.45, 2.75) is 25.1 Å². The van der Waals surface area contributed by atoms with Crippen molar-refractivity contribution in [3.05, 3.63) is 29.6 Å². The number of nitrogens with zero attached hydrogens (tertiary/aromatic N) is 1. The smallest absolute Gasteiger partial charge is 0.184 e. The van der Waals surface area contributed by atoms with Crippen LogP contribution in [-0.4, -0.2) is 34.3 Å². The zero-order valence-corrected chi connectivity index (χ0v) is 13.1. The van der Waals surface area contributed by atoms with Crippen molar-refractivity contribution in [2.24, 2.45) is 0 Å². The second-order valence-corrected chi connectivity index (χ2v) is 6.68. The van der Waals surface area contributed by atoms with E-state index in [0.717, 1.165) is 30.0 Å². The molecule has 1 N–H and O–H groups in total. The molecule has 2 heterocycles. The minimum Gasteiger partial charge on any atom is -0.468 e. The van der Waals surface area contributed by atoms with Gasteiger partial charge >= 0.3 is 0 Å². The molecule has 1 aromatic carbocycles. The van der Waals surface area contributed by atoms with Gasteiger partial charge in [-0.2, -0.15) is 11.8 Å². The summed E-state index contributed by atoms with van der Waals surface area (Å²) in [5.41, 5.74) is 0.405. The van der Waals surface area contributed by atoms with Crippen LogP contribution in [0.25, 0.3) is 0 Å². The maximum atomic E-state index is 13.4. The lowest BCUT2D eigenvalue weighted by Crippen LogP contribution is -2.65. The van der Waals surface area contributed by atoms with Crippen molar-refractivity contribution in [3.63, 3.8) is 0 Å². The summed E-state index contributed by atoms with van der Waals surface area (Å²) in [7, 11) is 0. The summed E-state index contributed by atoms with van der Waals surface area (Å²) in [4.78, 5) is 2.10. The quantitative estimate of drug-likeness (QED) is 0.865. The van der Waals surface area contributed by atoms with E-state index in [2.05, 4.69) is 23.4 Å². The van der Waals surface area contributed by atoms with Crippen LogP contribution in [0, 0.1) is 5.82 Å². The van der Waals surface area contributed by atoms with Gasteiger partial charge in [0.05, 0.1) is 6.04 Å². The maximum Gasteiger partial charge on any atom is 0.184 e. The van der Waals surface area contributed by atoms with E-state index in [4.69, 9.17) is 17.0 Å². The van der Waals surface area contributed by atoms with Crippen LogP contribution >= 0.6 is 24.0 Å². The van der Waals surface area contributed by atoms with Crippen LogP contribution in [0.4, 0.5) is 4.39 Å². The Morgan fingerprint density at radius 3 is 3.15 bits per heavy atom. The molecule has 2 aliphatic rings. The van der Waals surface area contributed by atoms with E-state index in [0.29, 0.717) is 5.11 Å². The highest BCUT2D eigenvalue weighted by Gasteiger charge is 2.47. The van der Waals surface area contributed by atoms with Gasteiger partial charge in [0, 0.05) is 24.3 Å². The van der Waals surface area contributed by atoms with Crippen molar-refractivity contribution in [2.75, 3.05) is 18.6 Å². The molecule has 1 saturated heterocycles. The van der Waals surface area contributed by atoms with Crippen molar-refractivity contribution >= 4 is 29.1 Å². The predicted octanol–water partition coefficient (Wildman–Crippen LogP) is 2.92. The third-order valence-corrected chi connectivity index (χ3v) is 4.82. The monoisotopic (exact) mass is 312 g/mol. The van der Waals surface area contributed by atoms with Gasteiger partial charge in [0.15, 0.2) is 10.8 Å². The van der Waals surface area contributed by atoms with Gasteiger partial charge in [0.1, 0.15) is 11.6 Å². The number of thiocarbonyl (C=S) groups is 1. The molecule has 2 bridgehead atoms. The van der Waals surface area contributed by atoms with Crippen LogP contribution in [-0.2, 0) is 0 Å². The van der Waals surface area contributed by atoms with Gasteiger partial charge in [0.2, 0.25) is 0 Å². The minimum absolute atomic E-state index is 0.0254. The van der Waals surface area contributed by atoms with Gasteiger partial charge in [-0.3, -0.25) is 0 Å². The van der Waals surface area contributed by atoms with Crippen LogP contribution in [0.15, 0.2) is 18.2 Å². The molecular weight excluding hydrogens is 295 g/mol. The number of fused-ring (bicyclic) bond motifs is 4. The zero-order valence-electron chi connectivity index (χ0n) is 11.5. The van der Waals surface area contributed by atoms with Crippen molar-refractivity contribution in [1.82, 2.24) is 10.2 Å². The van der Waals surface area contributed by atoms with Gasteiger partial charge in [-0.1, -0.05) is 0 Å². The Hall–Kier alpha value is -1.01. The average molecular weight is 312 g/mol. The number of benzene rings is 1. The average Bonchev–Trinajstić information content (AvgIpc) is 2.39. The first-order valence-corrected chi connectivity index (χ1v) is 8.39. The summed E-state index contributed by atoms with van der Waals surface area (Å²) in [6.07, 6.45) is 2.84. The number of ether oxygens (including phenoxy) is 1. The molecular formula is C14H17FN2OS2. The molecule has 108 valence electrons. The lowest BCUT2D eigenvalue weighted by atomic mass is 9.90. The van der Waals surface area contributed by atoms with Crippen LogP contribution < -0.4 is 10.1 Å². The number of hydrogen-bond acceptors (Lipinski definition) is 3. The van der Waals surface area contributed by atoms with Crippen LogP contribution in [0.5, 0.6) is 5.75 Å². The van der Waals surface area contributed by atoms with Gasteiger partial charge in [-0.05, 0) is 43.6 Å².